The fourth-order valence-electron chi connectivity index (χ4n) is 3.60. The highest BCUT2D eigenvalue weighted by molar-refractivity contribution is 7.89. The molecule has 0 aliphatic heterocycles. The summed E-state index contributed by atoms with van der Waals surface area (Å²) >= 11 is 0. The van der Waals surface area contributed by atoms with Gasteiger partial charge >= 0.3 is 6.18 Å². The number of nitrogens with one attached hydrogen (secondary N) is 1. The summed E-state index contributed by atoms with van der Waals surface area (Å²) in [6, 6.07) is 10.3. The Labute approximate surface area is 195 Å². The molecule has 34 heavy (non-hydrogen) atoms. The summed E-state index contributed by atoms with van der Waals surface area (Å²) < 4.78 is 73.9. The Kier molecular flexibility index (Phi) is 7.51. The first-order chi connectivity index (χ1) is 16.0. The molecular weight excluding hydrogens is 473 g/mol. The van der Waals surface area contributed by atoms with Gasteiger partial charge in [0.05, 0.1) is 28.7 Å². The lowest BCUT2D eigenvalue weighted by atomic mass is 10.2. The lowest BCUT2D eigenvalue weighted by molar-refractivity contribution is -0.147. The number of hydrogen-bond acceptors (Lipinski definition) is 5. The summed E-state index contributed by atoms with van der Waals surface area (Å²) in [6.07, 6.45) is -5.07. The number of carbonyl (C=O) groups is 1. The molecule has 0 bridgehead atoms. The van der Waals surface area contributed by atoms with Crippen LogP contribution in [-0.4, -0.2) is 48.4 Å². The van der Waals surface area contributed by atoms with E-state index in [9.17, 15) is 26.4 Å². The number of methoxy groups -OCH3 is 1. The van der Waals surface area contributed by atoms with Gasteiger partial charge in [0, 0.05) is 26.1 Å². The number of ether oxygens (including phenoxy) is 1. The predicted octanol–water partition coefficient (Wildman–Crippen LogP) is 4.12. The molecule has 1 N–H and O–H groups in total. The number of amides is 1. The third-order valence-corrected chi connectivity index (χ3v) is 7.31. The standard InChI is InChI=1S/C22H25F3N4O4S/c1-4-28(5-2)34(31,32)15-10-11-18-17(14-15)27-21(22(23,24)25)29(18)13-12-20(30)26-16-8-6-7-9-19(16)33-3/h6-11,14H,4-5,12-13H2,1-3H3,(H,26,30). The largest absolute Gasteiger partial charge is 0.495 e. The van der Waals surface area contributed by atoms with Crippen LogP contribution in [0.3, 0.4) is 0 Å². The fraction of sp³-hybridized carbons (Fsp3) is 0.364. The number of hydrogen-bond donors (Lipinski definition) is 1. The number of aryl methyl sites for hydroxylation is 1. The molecular formula is C22H25F3N4O4S. The van der Waals surface area contributed by atoms with Crippen molar-refractivity contribution in [2.75, 3.05) is 25.5 Å². The van der Waals surface area contributed by atoms with E-state index in [4.69, 9.17) is 4.74 Å². The number of imidazole rings is 1. The van der Waals surface area contributed by atoms with Crippen LogP contribution in [0.1, 0.15) is 26.1 Å². The van der Waals surface area contributed by atoms with E-state index < -0.39 is 27.9 Å². The van der Waals surface area contributed by atoms with Crippen molar-refractivity contribution in [1.82, 2.24) is 13.9 Å². The highest BCUT2D eigenvalue weighted by atomic mass is 32.2. The van der Waals surface area contributed by atoms with Crippen LogP contribution in [0.25, 0.3) is 11.0 Å². The molecule has 3 rings (SSSR count). The van der Waals surface area contributed by atoms with Crippen molar-refractivity contribution < 1.29 is 31.1 Å². The van der Waals surface area contributed by atoms with Gasteiger partial charge in [0.1, 0.15) is 5.75 Å². The van der Waals surface area contributed by atoms with Gasteiger partial charge in [-0.2, -0.15) is 17.5 Å². The Morgan fingerprint density at radius 2 is 1.82 bits per heavy atom. The predicted molar refractivity (Wildman–Crippen MR) is 121 cm³/mol. The lowest BCUT2D eigenvalue weighted by Gasteiger charge is -2.18. The van der Waals surface area contributed by atoms with Crippen LogP contribution in [0, 0.1) is 0 Å². The van der Waals surface area contributed by atoms with Gasteiger partial charge in [-0.15, -0.1) is 0 Å². The van der Waals surface area contributed by atoms with Crippen LogP contribution in [-0.2, 0) is 27.5 Å². The van der Waals surface area contributed by atoms with Gasteiger partial charge in [0.2, 0.25) is 21.8 Å². The van der Waals surface area contributed by atoms with E-state index in [0.717, 1.165) is 10.6 Å². The van der Waals surface area contributed by atoms with E-state index in [-0.39, 0.29) is 42.0 Å². The molecule has 1 amide bonds. The Hall–Kier alpha value is -3.12. The second-order valence-corrected chi connectivity index (χ2v) is 9.26. The molecule has 184 valence electrons. The van der Waals surface area contributed by atoms with Crippen molar-refractivity contribution in [2.45, 2.75) is 37.9 Å². The summed E-state index contributed by atoms with van der Waals surface area (Å²) in [7, 11) is -2.43. The van der Waals surface area contributed by atoms with E-state index in [0.29, 0.717) is 11.4 Å². The van der Waals surface area contributed by atoms with E-state index >= 15 is 0 Å². The molecule has 0 saturated heterocycles. The molecule has 1 heterocycles. The molecule has 3 aromatic rings. The Balaban J connectivity index is 1.92. The molecule has 1 aromatic heterocycles. The molecule has 0 saturated carbocycles. The molecule has 0 fully saturated rings. The fourth-order valence-corrected chi connectivity index (χ4v) is 5.08. The number of sulfonamides is 1. The van der Waals surface area contributed by atoms with Crippen LogP contribution in [0.15, 0.2) is 47.4 Å². The van der Waals surface area contributed by atoms with Gasteiger partial charge in [-0.25, -0.2) is 13.4 Å². The molecule has 0 aliphatic rings. The maximum atomic E-state index is 13.7. The summed E-state index contributed by atoms with van der Waals surface area (Å²) in [5.41, 5.74) is 0.356. The number of para-hydroxylation sites is 2. The quantitative estimate of drug-likeness (QED) is 0.479. The Morgan fingerprint density at radius 1 is 1.15 bits per heavy atom. The average Bonchev–Trinajstić information content (AvgIpc) is 3.17. The van der Waals surface area contributed by atoms with Gasteiger partial charge in [0.15, 0.2) is 0 Å². The second-order valence-electron chi connectivity index (χ2n) is 7.32. The molecule has 0 radical (unpaired) electrons. The maximum Gasteiger partial charge on any atom is 0.449 e. The minimum Gasteiger partial charge on any atom is -0.495 e. The first-order valence-electron chi connectivity index (χ1n) is 10.5. The number of anilines is 1. The first kappa shape index (κ1) is 25.5. The van der Waals surface area contributed by atoms with Crippen molar-refractivity contribution in [3.8, 4) is 5.75 Å². The number of carbonyl (C=O) groups excluding carboxylic acids is 1. The third-order valence-electron chi connectivity index (χ3n) is 5.26. The number of aromatic nitrogens is 2. The highest BCUT2D eigenvalue weighted by Gasteiger charge is 2.38. The zero-order valence-electron chi connectivity index (χ0n) is 18.9. The smallest absolute Gasteiger partial charge is 0.449 e. The van der Waals surface area contributed by atoms with Crippen LogP contribution in [0.2, 0.25) is 0 Å². The average molecular weight is 499 g/mol. The number of halogens is 3. The Bertz CT molecular complexity index is 1290. The van der Waals surface area contributed by atoms with Crippen molar-refractivity contribution in [2.24, 2.45) is 0 Å². The zero-order valence-corrected chi connectivity index (χ0v) is 19.7. The Morgan fingerprint density at radius 3 is 2.44 bits per heavy atom. The lowest BCUT2D eigenvalue weighted by Crippen LogP contribution is -2.30. The monoisotopic (exact) mass is 498 g/mol. The van der Waals surface area contributed by atoms with Crippen LogP contribution >= 0.6 is 0 Å². The van der Waals surface area contributed by atoms with Crippen LogP contribution < -0.4 is 10.1 Å². The maximum absolute atomic E-state index is 13.7. The third kappa shape index (κ3) is 5.17. The van der Waals surface area contributed by atoms with Gasteiger partial charge < -0.3 is 14.6 Å². The molecule has 0 unspecified atom stereocenters. The summed E-state index contributed by atoms with van der Waals surface area (Å²) in [5.74, 6) is -1.30. The number of alkyl halides is 3. The minimum absolute atomic E-state index is 0.0795. The normalized spacial score (nSPS) is 12.3. The first-order valence-corrected chi connectivity index (χ1v) is 12.0. The van der Waals surface area contributed by atoms with E-state index in [2.05, 4.69) is 10.3 Å². The van der Waals surface area contributed by atoms with Crippen molar-refractivity contribution >= 4 is 32.7 Å². The summed E-state index contributed by atoms with van der Waals surface area (Å²) in [4.78, 5) is 16.0. The topological polar surface area (TPSA) is 93.5 Å². The van der Waals surface area contributed by atoms with Gasteiger partial charge in [0.25, 0.3) is 0 Å². The molecule has 12 heteroatoms. The van der Waals surface area contributed by atoms with Gasteiger partial charge in [-0.05, 0) is 30.3 Å². The number of fused-ring (bicyclic) bond motifs is 1. The van der Waals surface area contributed by atoms with Crippen LogP contribution in [0.4, 0.5) is 18.9 Å². The molecule has 2 aromatic carbocycles. The minimum atomic E-state index is -4.80. The summed E-state index contributed by atoms with van der Waals surface area (Å²) in [5, 5.41) is 2.62. The van der Waals surface area contributed by atoms with E-state index in [1.54, 1.807) is 38.1 Å². The highest BCUT2D eigenvalue weighted by Crippen LogP contribution is 2.33. The number of nitrogens with zero attached hydrogens (tertiary/aromatic N) is 3. The zero-order chi connectivity index (χ0) is 25.1. The summed E-state index contributed by atoms with van der Waals surface area (Å²) in [6.45, 7) is 3.48. The van der Waals surface area contributed by atoms with Gasteiger partial charge in [-0.1, -0.05) is 26.0 Å². The van der Waals surface area contributed by atoms with Crippen molar-refractivity contribution in [3.05, 3.63) is 48.3 Å². The molecule has 0 aliphatic carbocycles. The van der Waals surface area contributed by atoms with Crippen molar-refractivity contribution in [3.63, 3.8) is 0 Å². The van der Waals surface area contributed by atoms with E-state index in [1.807, 2.05) is 0 Å². The van der Waals surface area contributed by atoms with Gasteiger partial charge in [-0.3, -0.25) is 4.79 Å². The second kappa shape index (κ2) is 10.0. The molecule has 8 nitrogen and oxygen atoms in total. The van der Waals surface area contributed by atoms with Crippen LogP contribution in [0.5, 0.6) is 5.75 Å². The SMILES string of the molecule is CCN(CC)S(=O)(=O)c1ccc2c(c1)nc(C(F)(F)F)n2CCC(=O)Nc1ccccc1OC. The molecule has 0 atom stereocenters. The van der Waals surface area contributed by atoms with E-state index in [1.165, 1.54) is 23.5 Å². The molecule has 0 spiro atoms. The van der Waals surface area contributed by atoms with Crippen molar-refractivity contribution in [1.29, 1.82) is 0 Å². The number of benzene rings is 2. The number of rotatable bonds is 9.